The van der Waals surface area contributed by atoms with Crippen LogP contribution in [0.2, 0.25) is 0 Å². The Morgan fingerprint density at radius 3 is 2.26 bits per heavy atom. The normalized spacial score (nSPS) is 19.7. The van der Waals surface area contributed by atoms with Crippen LogP contribution in [0.4, 0.5) is 4.79 Å². The fourth-order valence-electron chi connectivity index (χ4n) is 4.92. The minimum absolute atomic E-state index is 0.0248. The van der Waals surface area contributed by atoms with Crippen molar-refractivity contribution in [3.63, 3.8) is 0 Å². The Hall–Kier alpha value is -3.39. The number of hydrogen-bond donors (Lipinski definition) is 3. The lowest BCUT2D eigenvalue weighted by Crippen LogP contribution is -2.40. The molecule has 2 aromatic carbocycles. The molecule has 3 atom stereocenters. The van der Waals surface area contributed by atoms with Crippen molar-refractivity contribution in [1.29, 1.82) is 0 Å². The summed E-state index contributed by atoms with van der Waals surface area (Å²) in [4.78, 5) is 35.8. The Morgan fingerprint density at radius 2 is 1.68 bits per heavy atom. The van der Waals surface area contributed by atoms with E-state index in [2.05, 4.69) is 34.9 Å². The number of amides is 2. The predicted octanol–water partition coefficient (Wildman–Crippen LogP) is 3.30. The highest BCUT2D eigenvalue weighted by molar-refractivity contribution is 5.79. The van der Waals surface area contributed by atoms with Gasteiger partial charge in [0.25, 0.3) is 0 Å². The van der Waals surface area contributed by atoms with E-state index in [1.807, 2.05) is 24.3 Å². The SMILES string of the molecule is COC(CNC(=O)OCC1c2ccccc2-c2ccccc21)CC(=O)NC1CCC(C(=O)O)C1. The molecule has 3 N–H and O–H groups in total. The molecule has 3 unspecified atom stereocenters. The van der Waals surface area contributed by atoms with E-state index in [4.69, 9.17) is 14.6 Å². The number of rotatable bonds is 9. The zero-order valence-corrected chi connectivity index (χ0v) is 19.2. The molecule has 0 aliphatic heterocycles. The summed E-state index contributed by atoms with van der Waals surface area (Å²) < 4.78 is 10.9. The van der Waals surface area contributed by atoms with Gasteiger partial charge in [0.05, 0.1) is 18.4 Å². The summed E-state index contributed by atoms with van der Waals surface area (Å²) in [5.74, 6) is -1.47. The first-order chi connectivity index (χ1) is 16.5. The molecular formula is C26H30N2O6. The summed E-state index contributed by atoms with van der Waals surface area (Å²) >= 11 is 0. The van der Waals surface area contributed by atoms with Crippen molar-refractivity contribution in [2.45, 2.75) is 43.7 Å². The summed E-state index contributed by atoms with van der Waals surface area (Å²) in [6, 6.07) is 16.1. The summed E-state index contributed by atoms with van der Waals surface area (Å²) in [7, 11) is 1.48. The smallest absolute Gasteiger partial charge is 0.407 e. The van der Waals surface area contributed by atoms with Gasteiger partial charge in [-0.05, 0) is 41.5 Å². The molecule has 8 heteroatoms. The minimum atomic E-state index is -0.821. The summed E-state index contributed by atoms with van der Waals surface area (Å²) in [5.41, 5.74) is 4.60. The first-order valence-electron chi connectivity index (χ1n) is 11.6. The predicted molar refractivity (Wildman–Crippen MR) is 125 cm³/mol. The highest BCUT2D eigenvalue weighted by Crippen LogP contribution is 2.44. The third kappa shape index (κ3) is 5.39. The minimum Gasteiger partial charge on any atom is -0.481 e. The van der Waals surface area contributed by atoms with Gasteiger partial charge in [-0.15, -0.1) is 0 Å². The van der Waals surface area contributed by atoms with Gasteiger partial charge in [0.1, 0.15) is 6.61 Å². The van der Waals surface area contributed by atoms with Crippen molar-refractivity contribution in [3.05, 3.63) is 59.7 Å². The van der Waals surface area contributed by atoms with Crippen LogP contribution in [0.15, 0.2) is 48.5 Å². The van der Waals surface area contributed by atoms with Gasteiger partial charge in [0.2, 0.25) is 5.91 Å². The Bertz CT molecular complexity index is 1010. The van der Waals surface area contributed by atoms with Crippen molar-refractivity contribution in [1.82, 2.24) is 10.6 Å². The molecule has 2 amide bonds. The number of carbonyl (C=O) groups excluding carboxylic acids is 2. The van der Waals surface area contributed by atoms with Crippen LogP contribution in [-0.4, -0.2) is 55.5 Å². The van der Waals surface area contributed by atoms with Crippen molar-refractivity contribution in [2.24, 2.45) is 5.92 Å². The maximum atomic E-state index is 12.4. The number of methoxy groups -OCH3 is 1. The number of nitrogens with one attached hydrogen (secondary N) is 2. The largest absolute Gasteiger partial charge is 0.481 e. The molecule has 8 nitrogen and oxygen atoms in total. The first-order valence-corrected chi connectivity index (χ1v) is 11.6. The first kappa shape index (κ1) is 23.8. The lowest BCUT2D eigenvalue weighted by molar-refractivity contribution is -0.141. The van der Waals surface area contributed by atoms with Crippen LogP contribution in [0, 0.1) is 5.92 Å². The molecule has 0 saturated heterocycles. The highest BCUT2D eigenvalue weighted by Gasteiger charge is 2.31. The number of benzene rings is 2. The van der Waals surface area contributed by atoms with Crippen LogP contribution in [-0.2, 0) is 19.1 Å². The van der Waals surface area contributed by atoms with Gasteiger partial charge < -0.3 is 25.2 Å². The maximum absolute atomic E-state index is 12.4. The number of carboxylic acids is 1. The maximum Gasteiger partial charge on any atom is 0.407 e. The van der Waals surface area contributed by atoms with Crippen molar-refractivity contribution in [2.75, 3.05) is 20.3 Å². The summed E-state index contributed by atoms with van der Waals surface area (Å²) in [5, 5.41) is 14.6. The number of alkyl carbamates (subject to hydrolysis) is 1. The van der Waals surface area contributed by atoms with Crippen LogP contribution >= 0.6 is 0 Å². The molecule has 34 heavy (non-hydrogen) atoms. The van der Waals surface area contributed by atoms with Gasteiger partial charge in [-0.25, -0.2) is 4.79 Å². The lowest BCUT2D eigenvalue weighted by Gasteiger charge is -2.19. The monoisotopic (exact) mass is 466 g/mol. The van der Waals surface area contributed by atoms with Crippen LogP contribution in [0.3, 0.4) is 0 Å². The molecule has 2 aromatic rings. The van der Waals surface area contributed by atoms with E-state index in [-0.39, 0.29) is 37.4 Å². The molecule has 1 fully saturated rings. The van der Waals surface area contributed by atoms with E-state index in [9.17, 15) is 14.4 Å². The topological polar surface area (TPSA) is 114 Å². The van der Waals surface area contributed by atoms with Gasteiger partial charge in [-0.1, -0.05) is 48.5 Å². The molecule has 0 bridgehead atoms. The number of fused-ring (bicyclic) bond motifs is 3. The molecular weight excluding hydrogens is 436 g/mol. The average molecular weight is 467 g/mol. The molecule has 180 valence electrons. The number of hydrogen-bond acceptors (Lipinski definition) is 5. The van der Waals surface area contributed by atoms with Gasteiger partial charge in [-0.2, -0.15) is 0 Å². The molecule has 0 spiro atoms. The Balaban J connectivity index is 1.24. The van der Waals surface area contributed by atoms with E-state index < -0.39 is 24.1 Å². The Labute approximate surface area is 198 Å². The molecule has 4 rings (SSSR count). The second-order valence-electron chi connectivity index (χ2n) is 8.88. The fraction of sp³-hybridized carbons (Fsp3) is 0.423. The number of aliphatic carboxylic acids is 1. The summed E-state index contributed by atoms with van der Waals surface area (Å²) in [6.07, 6.45) is 0.641. The van der Waals surface area contributed by atoms with Crippen molar-refractivity contribution < 1.29 is 29.0 Å². The van der Waals surface area contributed by atoms with Crippen LogP contribution in [0.1, 0.15) is 42.7 Å². The summed E-state index contributed by atoms with van der Waals surface area (Å²) in [6.45, 7) is 0.341. The third-order valence-electron chi connectivity index (χ3n) is 6.71. The van der Waals surface area contributed by atoms with Gasteiger partial charge >= 0.3 is 12.1 Å². The Morgan fingerprint density at radius 1 is 1.03 bits per heavy atom. The van der Waals surface area contributed by atoms with Crippen LogP contribution in [0.25, 0.3) is 11.1 Å². The van der Waals surface area contributed by atoms with Crippen molar-refractivity contribution in [3.8, 4) is 11.1 Å². The molecule has 0 heterocycles. The van der Waals surface area contributed by atoms with Crippen LogP contribution in [0.5, 0.6) is 0 Å². The number of carbonyl (C=O) groups is 3. The van der Waals surface area contributed by atoms with E-state index in [0.717, 1.165) is 22.3 Å². The second kappa shape index (κ2) is 10.7. The second-order valence-corrected chi connectivity index (χ2v) is 8.88. The molecule has 0 radical (unpaired) electrons. The van der Waals surface area contributed by atoms with Gasteiger partial charge in [0.15, 0.2) is 0 Å². The number of carboxylic acid groups (broad SMARTS) is 1. The van der Waals surface area contributed by atoms with E-state index in [0.29, 0.717) is 19.3 Å². The molecule has 1 saturated carbocycles. The fourth-order valence-corrected chi connectivity index (χ4v) is 4.92. The zero-order valence-electron chi connectivity index (χ0n) is 19.2. The molecule has 0 aromatic heterocycles. The molecule has 2 aliphatic carbocycles. The quantitative estimate of drug-likeness (QED) is 0.523. The molecule has 2 aliphatic rings. The van der Waals surface area contributed by atoms with Crippen LogP contribution < -0.4 is 10.6 Å². The Kier molecular flexibility index (Phi) is 7.47. The standard InChI is InChI=1S/C26H30N2O6/c1-33-18(13-24(29)28-17-11-10-16(12-17)25(30)31)14-27-26(32)34-15-23-21-8-4-2-6-19(21)20-7-3-5-9-22(20)23/h2-9,16-18,23H,10-15H2,1H3,(H,27,32)(H,28,29)(H,30,31). The van der Waals surface area contributed by atoms with E-state index >= 15 is 0 Å². The van der Waals surface area contributed by atoms with Gasteiger partial charge in [0, 0.05) is 25.6 Å². The van der Waals surface area contributed by atoms with Crippen molar-refractivity contribution >= 4 is 18.0 Å². The average Bonchev–Trinajstić information content (AvgIpc) is 3.43. The zero-order chi connectivity index (χ0) is 24.1. The highest BCUT2D eigenvalue weighted by atomic mass is 16.5. The van der Waals surface area contributed by atoms with Gasteiger partial charge in [-0.3, -0.25) is 9.59 Å². The third-order valence-corrected chi connectivity index (χ3v) is 6.71. The lowest BCUT2D eigenvalue weighted by atomic mass is 9.98. The number of ether oxygens (including phenoxy) is 2. The van der Waals surface area contributed by atoms with E-state index in [1.54, 1.807) is 0 Å². The van der Waals surface area contributed by atoms with E-state index in [1.165, 1.54) is 7.11 Å².